The Kier molecular flexibility index (Phi) is 5.72. The smallest absolute Gasteiger partial charge is 0.349 e. The number of azide groups is 1. The number of halogens is 6. The summed E-state index contributed by atoms with van der Waals surface area (Å²) in [5, 5.41) is 5.49. The molecular formula is C13H12F6N4O. The molecule has 0 unspecified atom stereocenters. The van der Waals surface area contributed by atoms with E-state index in [9.17, 15) is 31.1 Å². The predicted octanol–water partition coefficient (Wildman–Crippen LogP) is 4.54. The first-order chi connectivity index (χ1) is 10.9. The minimum absolute atomic E-state index is 0.0667. The zero-order valence-electron chi connectivity index (χ0n) is 12.4. The van der Waals surface area contributed by atoms with Crippen LogP contribution in [0.4, 0.5) is 26.3 Å². The zero-order valence-corrected chi connectivity index (χ0v) is 12.4. The summed E-state index contributed by atoms with van der Waals surface area (Å²) in [5.74, 6) is -1.14. The number of benzene rings is 1. The van der Waals surface area contributed by atoms with Crippen molar-refractivity contribution in [3.8, 4) is 0 Å². The molecule has 0 saturated heterocycles. The standard InChI is InChI=1S/C13H12F6N4O/c1-6(7(2)22-23-20)21-11(24)8-3-9(12(14,15)16)5-10(4-8)13(17,18)19/h3-7H,1-2H3,(H,21,24)/t6-,7-/m0/s1. The van der Waals surface area contributed by atoms with Gasteiger partial charge in [0.25, 0.3) is 5.91 Å². The maximum atomic E-state index is 12.7. The lowest BCUT2D eigenvalue weighted by molar-refractivity contribution is -0.143. The number of hydrogen-bond acceptors (Lipinski definition) is 2. The van der Waals surface area contributed by atoms with Crippen LogP contribution in [0.25, 0.3) is 10.4 Å². The van der Waals surface area contributed by atoms with Crippen molar-refractivity contribution in [3.63, 3.8) is 0 Å². The topological polar surface area (TPSA) is 77.9 Å². The van der Waals surface area contributed by atoms with Gasteiger partial charge >= 0.3 is 12.4 Å². The van der Waals surface area contributed by atoms with Gasteiger partial charge in [-0.1, -0.05) is 12.0 Å². The van der Waals surface area contributed by atoms with Gasteiger partial charge in [-0.3, -0.25) is 4.79 Å². The Hall–Kier alpha value is -2.42. The van der Waals surface area contributed by atoms with E-state index < -0.39 is 47.0 Å². The molecule has 0 spiro atoms. The third kappa shape index (κ3) is 5.05. The lowest BCUT2D eigenvalue weighted by Crippen LogP contribution is -2.39. The van der Waals surface area contributed by atoms with Gasteiger partial charge in [-0.2, -0.15) is 26.3 Å². The summed E-state index contributed by atoms with van der Waals surface area (Å²) in [4.78, 5) is 14.4. The van der Waals surface area contributed by atoms with Gasteiger partial charge in [-0.05, 0) is 30.7 Å². The highest BCUT2D eigenvalue weighted by Crippen LogP contribution is 2.36. The monoisotopic (exact) mass is 354 g/mol. The van der Waals surface area contributed by atoms with Crippen molar-refractivity contribution in [3.05, 3.63) is 45.3 Å². The molecular weight excluding hydrogens is 342 g/mol. The van der Waals surface area contributed by atoms with Crippen LogP contribution in [0.15, 0.2) is 23.3 Å². The summed E-state index contributed by atoms with van der Waals surface area (Å²) in [7, 11) is 0. The lowest BCUT2D eigenvalue weighted by atomic mass is 10.0. The molecule has 24 heavy (non-hydrogen) atoms. The maximum Gasteiger partial charge on any atom is 0.416 e. The normalized spacial score (nSPS) is 14.5. The molecule has 1 aromatic carbocycles. The number of nitrogens with one attached hydrogen (secondary N) is 1. The van der Waals surface area contributed by atoms with Gasteiger partial charge in [-0.25, -0.2) is 0 Å². The van der Waals surface area contributed by atoms with Crippen molar-refractivity contribution in [2.24, 2.45) is 5.11 Å². The first kappa shape index (κ1) is 19.6. The first-order valence-electron chi connectivity index (χ1n) is 6.50. The van der Waals surface area contributed by atoms with E-state index in [-0.39, 0.29) is 6.07 Å². The molecule has 0 aromatic heterocycles. The average Bonchev–Trinajstić information content (AvgIpc) is 2.45. The SMILES string of the molecule is C[C@H](N=[N+]=[N-])[C@H](C)NC(=O)c1cc(C(F)(F)F)cc(C(F)(F)F)c1. The van der Waals surface area contributed by atoms with Crippen LogP contribution in [0.5, 0.6) is 0 Å². The second kappa shape index (κ2) is 7.00. The molecule has 1 amide bonds. The third-order valence-electron chi connectivity index (χ3n) is 3.17. The van der Waals surface area contributed by atoms with Crippen LogP contribution >= 0.6 is 0 Å². The molecule has 0 saturated carbocycles. The number of nitrogens with zero attached hydrogens (tertiary/aromatic N) is 3. The van der Waals surface area contributed by atoms with E-state index in [4.69, 9.17) is 5.53 Å². The van der Waals surface area contributed by atoms with Gasteiger partial charge in [0.15, 0.2) is 0 Å². The van der Waals surface area contributed by atoms with E-state index in [1.165, 1.54) is 13.8 Å². The van der Waals surface area contributed by atoms with Crippen LogP contribution in [0, 0.1) is 0 Å². The molecule has 1 aromatic rings. The number of rotatable bonds is 4. The molecule has 132 valence electrons. The molecule has 0 aliphatic rings. The van der Waals surface area contributed by atoms with Crippen LogP contribution in [-0.2, 0) is 12.4 Å². The van der Waals surface area contributed by atoms with Crippen molar-refractivity contribution >= 4 is 5.91 Å². The molecule has 1 N–H and O–H groups in total. The van der Waals surface area contributed by atoms with E-state index in [1.807, 2.05) is 0 Å². The molecule has 0 aliphatic heterocycles. The number of carbonyl (C=O) groups is 1. The van der Waals surface area contributed by atoms with Gasteiger partial charge in [-0.15, -0.1) is 0 Å². The zero-order chi connectivity index (χ0) is 18.7. The van der Waals surface area contributed by atoms with Gasteiger partial charge in [0, 0.05) is 16.5 Å². The van der Waals surface area contributed by atoms with Gasteiger partial charge in [0.05, 0.1) is 17.2 Å². The van der Waals surface area contributed by atoms with Crippen molar-refractivity contribution in [1.29, 1.82) is 0 Å². The Morgan fingerprint density at radius 2 is 1.54 bits per heavy atom. The summed E-state index contributed by atoms with van der Waals surface area (Å²) < 4.78 is 76.4. The number of hydrogen-bond donors (Lipinski definition) is 1. The first-order valence-corrected chi connectivity index (χ1v) is 6.50. The molecule has 0 aliphatic carbocycles. The molecule has 5 nitrogen and oxygen atoms in total. The minimum Gasteiger partial charge on any atom is -0.349 e. The summed E-state index contributed by atoms with van der Waals surface area (Å²) in [5.41, 5.74) is 4.32. The van der Waals surface area contributed by atoms with Crippen molar-refractivity contribution in [2.75, 3.05) is 0 Å². The Balaban J connectivity index is 3.22. The fourth-order valence-electron chi connectivity index (χ4n) is 1.68. The molecule has 11 heteroatoms. The van der Waals surface area contributed by atoms with Crippen LogP contribution in [0.2, 0.25) is 0 Å². The van der Waals surface area contributed by atoms with Gasteiger partial charge in [0.2, 0.25) is 0 Å². The Morgan fingerprint density at radius 1 is 1.08 bits per heavy atom. The number of amides is 1. The van der Waals surface area contributed by atoms with Crippen LogP contribution < -0.4 is 5.32 Å². The predicted molar refractivity (Wildman–Crippen MR) is 72.0 cm³/mol. The van der Waals surface area contributed by atoms with Gasteiger partial charge in [0.1, 0.15) is 0 Å². The van der Waals surface area contributed by atoms with Crippen molar-refractivity contribution in [1.82, 2.24) is 5.32 Å². The van der Waals surface area contributed by atoms with E-state index in [1.54, 1.807) is 0 Å². The molecule has 0 bridgehead atoms. The van der Waals surface area contributed by atoms with Crippen LogP contribution in [-0.4, -0.2) is 18.0 Å². The number of carbonyl (C=O) groups excluding carboxylic acids is 1. The Morgan fingerprint density at radius 3 is 1.92 bits per heavy atom. The lowest BCUT2D eigenvalue weighted by Gasteiger charge is -2.18. The molecule has 2 atom stereocenters. The van der Waals surface area contributed by atoms with Gasteiger partial charge < -0.3 is 5.32 Å². The van der Waals surface area contributed by atoms with E-state index >= 15 is 0 Å². The van der Waals surface area contributed by atoms with Crippen molar-refractivity contribution < 1.29 is 31.1 Å². The summed E-state index contributed by atoms with van der Waals surface area (Å²) >= 11 is 0. The largest absolute Gasteiger partial charge is 0.416 e. The third-order valence-corrected chi connectivity index (χ3v) is 3.17. The second-order valence-electron chi connectivity index (χ2n) is 5.00. The molecule has 0 radical (unpaired) electrons. The fourth-order valence-corrected chi connectivity index (χ4v) is 1.68. The average molecular weight is 354 g/mol. The molecule has 0 fully saturated rings. The van der Waals surface area contributed by atoms with Crippen molar-refractivity contribution in [2.45, 2.75) is 38.3 Å². The highest BCUT2D eigenvalue weighted by atomic mass is 19.4. The fraction of sp³-hybridized carbons (Fsp3) is 0.462. The Bertz CT molecular complexity index is 631. The van der Waals surface area contributed by atoms with E-state index in [0.29, 0.717) is 12.1 Å². The van der Waals surface area contributed by atoms with Crippen LogP contribution in [0.1, 0.15) is 35.3 Å². The minimum atomic E-state index is -5.04. The second-order valence-corrected chi connectivity index (χ2v) is 5.00. The highest BCUT2D eigenvalue weighted by Gasteiger charge is 2.37. The quantitative estimate of drug-likeness (QED) is 0.366. The maximum absolute atomic E-state index is 12.7. The summed E-state index contributed by atoms with van der Waals surface area (Å²) in [6.45, 7) is 2.83. The highest BCUT2D eigenvalue weighted by molar-refractivity contribution is 5.94. The number of alkyl halides is 6. The Labute approximate surface area is 132 Å². The molecule has 1 rings (SSSR count). The van der Waals surface area contributed by atoms with E-state index in [2.05, 4.69) is 15.3 Å². The summed E-state index contributed by atoms with van der Waals surface area (Å²) in [6, 6.07) is -0.947. The van der Waals surface area contributed by atoms with Crippen LogP contribution in [0.3, 0.4) is 0 Å². The van der Waals surface area contributed by atoms with E-state index in [0.717, 1.165) is 0 Å². The summed E-state index contributed by atoms with van der Waals surface area (Å²) in [6.07, 6.45) is -10.1. The molecule has 0 heterocycles.